The highest BCUT2D eigenvalue weighted by Crippen LogP contribution is 2.23. The van der Waals surface area contributed by atoms with Gasteiger partial charge in [0.05, 0.1) is 20.2 Å². The van der Waals surface area contributed by atoms with E-state index in [0.717, 1.165) is 12.2 Å². The zero-order chi connectivity index (χ0) is 18.9. The first-order chi connectivity index (χ1) is 12.5. The summed E-state index contributed by atoms with van der Waals surface area (Å²) in [5.41, 5.74) is 0.715. The Bertz CT molecular complexity index is 588. The summed E-state index contributed by atoms with van der Waals surface area (Å²) in [6.45, 7) is 5.23. The largest absolute Gasteiger partial charge is 0.497 e. The van der Waals surface area contributed by atoms with Crippen LogP contribution in [0.2, 0.25) is 0 Å². The van der Waals surface area contributed by atoms with Gasteiger partial charge >= 0.3 is 0 Å². The molecule has 0 unspecified atom stereocenters. The minimum atomic E-state index is -0.129. The van der Waals surface area contributed by atoms with Crippen LogP contribution < -0.4 is 15.4 Å². The van der Waals surface area contributed by atoms with Crippen molar-refractivity contribution in [3.63, 3.8) is 0 Å². The molecule has 0 aliphatic heterocycles. The van der Waals surface area contributed by atoms with Crippen molar-refractivity contribution in [2.24, 2.45) is 5.92 Å². The van der Waals surface area contributed by atoms with Crippen molar-refractivity contribution in [1.29, 1.82) is 0 Å². The summed E-state index contributed by atoms with van der Waals surface area (Å²) in [6, 6.07) is 7.45. The molecule has 1 aromatic rings. The number of rotatable bonds is 8. The first-order valence-corrected chi connectivity index (χ1v) is 9.47. The minimum Gasteiger partial charge on any atom is -0.497 e. The van der Waals surface area contributed by atoms with Crippen LogP contribution in [0.5, 0.6) is 5.75 Å². The smallest absolute Gasteiger partial charge is 0.238 e. The third-order valence-electron chi connectivity index (χ3n) is 5.01. The molecule has 2 amide bonds. The number of anilines is 1. The number of carbonyl (C=O) groups excluding carboxylic acids is 2. The molecule has 1 aromatic carbocycles. The predicted molar refractivity (Wildman–Crippen MR) is 103 cm³/mol. The maximum Gasteiger partial charge on any atom is 0.238 e. The topological polar surface area (TPSA) is 70.7 Å². The van der Waals surface area contributed by atoms with E-state index in [1.54, 1.807) is 31.4 Å². The summed E-state index contributed by atoms with van der Waals surface area (Å²) in [4.78, 5) is 26.4. The summed E-state index contributed by atoms with van der Waals surface area (Å²) in [7, 11) is 1.60. The minimum absolute atomic E-state index is 0.00264. The van der Waals surface area contributed by atoms with Gasteiger partial charge < -0.3 is 15.4 Å². The van der Waals surface area contributed by atoms with E-state index in [-0.39, 0.29) is 30.9 Å². The average molecular weight is 361 g/mol. The maximum absolute atomic E-state index is 12.3. The lowest BCUT2D eigenvalue weighted by molar-refractivity contribution is -0.124. The average Bonchev–Trinajstić information content (AvgIpc) is 2.63. The van der Waals surface area contributed by atoms with Crippen LogP contribution in [0.15, 0.2) is 24.3 Å². The fraction of sp³-hybridized carbons (Fsp3) is 0.600. The monoisotopic (exact) mass is 361 g/mol. The first kappa shape index (κ1) is 20.2. The van der Waals surface area contributed by atoms with Gasteiger partial charge in [-0.15, -0.1) is 0 Å². The highest BCUT2D eigenvalue weighted by atomic mass is 16.5. The summed E-state index contributed by atoms with van der Waals surface area (Å²) in [6.07, 6.45) is 4.65. The molecule has 6 heteroatoms. The highest BCUT2D eigenvalue weighted by molar-refractivity contribution is 5.92. The van der Waals surface area contributed by atoms with Gasteiger partial charge in [0.1, 0.15) is 5.75 Å². The molecule has 2 atom stereocenters. The van der Waals surface area contributed by atoms with E-state index in [4.69, 9.17) is 4.74 Å². The maximum atomic E-state index is 12.3. The van der Waals surface area contributed by atoms with Crippen molar-refractivity contribution in [2.45, 2.75) is 45.6 Å². The number of hydrogen-bond donors (Lipinski definition) is 2. The van der Waals surface area contributed by atoms with Gasteiger partial charge in [0.25, 0.3) is 0 Å². The Kier molecular flexibility index (Phi) is 7.91. The van der Waals surface area contributed by atoms with Gasteiger partial charge in [-0.05, 0) is 49.6 Å². The third kappa shape index (κ3) is 6.33. The number of hydrogen-bond acceptors (Lipinski definition) is 4. The summed E-state index contributed by atoms with van der Waals surface area (Å²) in [5, 5.41) is 5.99. The molecule has 144 valence electrons. The van der Waals surface area contributed by atoms with Crippen LogP contribution in [-0.4, -0.2) is 49.5 Å². The Labute approximate surface area is 156 Å². The zero-order valence-electron chi connectivity index (χ0n) is 16.1. The molecule has 1 saturated carbocycles. The Hall–Kier alpha value is -2.08. The quantitative estimate of drug-likeness (QED) is 0.747. The van der Waals surface area contributed by atoms with Gasteiger partial charge in [0.15, 0.2) is 0 Å². The SMILES string of the molecule is CCN(CC(=O)Nc1ccc(OC)cc1)CC(=O)N[C@@H]1CCCC[C@@H]1C. The lowest BCUT2D eigenvalue weighted by atomic mass is 9.86. The summed E-state index contributed by atoms with van der Waals surface area (Å²) in [5.74, 6) is 1.15. The second-order valence-electron chi connectivity index (χ2n) is 7.02. The molecule has 0 heterocycles. The summed E-state index contributed by atoms with van der Waals surface area (Å²) >= 11 is 0. The molecule has 2 N–H and O–H groups in total. The Morgan fingerprint density at radius 1 is 1.12 bits per heavy atom. The number of likely N-dealkylation sites (N-methyl/N-ethyl adjacent to an activating group) is 1. The van der Waals surface area contributed by atoms with Crippen molar-refractivity contribution >= 4 is 17.5 Å². The lowest BCUT2D eigenvalue weighted by Gasteiger charge is -2.30. The van der Waals surface area contributed by atoms with Crippen LogP contribution in [0.25, 0.3) is 0 Å². The molecule has 26 heavy (non-hydrogen) atoms. The van der Waals surface area contributed by atoms with Crippen LogP contribution in [0, 0.1) is 5.92 Å². The normalized spacial score (nSPS) is 19.8. The number of amides is 2. The molecule has 0 radical (unpaired) electrons. The van der Waals surface area contributed by atoms with E-state index < -0.39 is 0 Å². The highest BCUT2D eigenvalue weighted by Gasteiger charge is 2.23. The van der Waals surface area contributed by atoms with Gasteiger partial charge in [-0.25, -0.2) is 0 Å². The van der Waals surface area contributed by atoms with Gasteiger partial charge in [0, 0.05) is 11.7 Å². The fourth-order valence-electron chi connectivity index (χ4n) is 3.34. The molecule has 6 nitrogen and oxygen atoms in total. The fourth-order valence-corrected chi connectivity index (χ4v) is 3.34. The van der Waals surface area contributed by atoms with E-state index in [1.807, 2.05) is 11.8 Å². The Morgan fingerprint density at radius 3 is 2.38 bits per heavy atom. The van der Waals surface area contributed by atoms with Crippen molar-refractivity contribution in [2.75, 3.05) is 32.1 Å². The zero-order valence-corrected chi connectivity index (χ0v) is 16.1. The number of nitrogens with zero attached hydrogens (tertiary/aromatic N) is 1. The van der Waals surface area contributed by atoms with Gasteiger partial charge in [-0.1, -0.05) is 26.7 Å². The molecule has 0 aromatic heterocycles. The molecule has 1 aliphatic rings. The molecule has 0 spiro atoms. The number of benzene rings is 1. The number of methoxy groups -OCH3 is 1. The molecular formula is C20H31N3O3. The van der Waals surface area contributed by atoms with E-state index in [9.17, 15) is 9.59 Å². The number of carbonyl (C=O) groups is 2. The van der Waals surface area contributed by atoms with Crippen LogP contribution in [0.1, 0.15) is 39.5 Å². The first-order valence-electron chi connectivity index (χ1n) is 9.47. The van der Waals surface area contributed by atoms with Gasteiger partial charge in [-0.3, -0.25) is 14.5 Å². The molecule has 1 aliphatic carbocycles. The van der Waals surface area contributed by atoms with Crippen molar-refractivity contribution < 1.29 is 14.3 Å². The van der Waals surface area contributed by atoms with Gasteiger partial charge in [-0.2, -0.15) is 0 Å². The second kappa shape index (κ2) is 10.2. The standard InChI is InChI=1S/C20H31N3O3/c1-4-23(14-20(25)22-18-8-6-5-7-15(18)2)13-19(24)21-16-9-11-17(26-3)12-10-16/h9-12,15,18H,4-8,13-14H2,1-3H3,(H,21,24)(H,22,25)/t15-,18+/m0/s1. The number of ether oxygens (including phenoxy) is 1. The third-order valence-corrected chi connectivity index (χ3v) is 5.01. The van der Waals surface area contributed by atoms with E-state index >= 15 is 0 Å². The van der Waals surface area contributed by atoms with Crippen LogP contribution in [0.4, 0.5) is 5.69 Å². The lowest BCUT2D eigenvalue weighted by Crippen LogP contribution is -2.47. The molecule has 0 saturated heterocycles. The van der Waals surface area contributed by atoms with Crippen LogP contribution in [-0.2, 0) is 9.59 Å². The van der Waals surface area contributed by atoms with Crippen LogP contribution >= 0.6 is 0 Å². The van der Waals surface area contributed by atoms with Crippen molar-refractivity contribution in [3.05, 3.63) is 24.3 Å². The Balaban J connectivity index is 1.79. The van der Waals surface area contributed by atoms with Gasteiger partial charge in [0.2, 0.25) is 11.8 Å². The van der Waals surface area contributed by atoms with E-state index in [0.29, 0.717) is 18.2 Å². The van der Waals surface area contributed by atoms with Crippen LogP contribution in [0.3, 0.4) is 0 Å². The second-order valence-corrected chi connectivity index (χ2v) is 7.02. The summed E-state index contributed by atoms with van der Waals surface area (Å²) < 4.78 is 5.10. The van der Waals surface area contributed by atoms with Crippen molar-refractivity contribution in [3.8, 4) is 5.75 Å². The molecule has 1 fully saturated rings. The van der Waals surface area contributed by atoms with E-state index in [2.05, 4.69) is 17.6 Å². The molecule has 2 rings (SSSR count). The molecule has 0 bridgehead atoms. The predicted octanol–water partition coefficient (Wildman–Crippen LogP) is 2.65. The van der Waals surface area contributed by atoms with E-state index in [1.165, 1.54) is 19.3 Å². The molecular weight excluding hydrogens is 330 g/mol. The Morgan fingerprint density at radius 2 is 1.77 bits per heavy atom. The number of nitrogens with one attached hydrogen (secondary N) is 2. The van der Waals surface area contributed by atoms with Crippen molar-refractivity contribution in [1.82, 2.24) is 10.2 Å².